The average molecular weight is 468 g/mol. The Morgan fingerprint density at radius 1 is 1.09 bits per heavy atom. The molecule has 2 aliphatic rings. The molecule has 1 amide bonds. The van der Waals surface area contributed by atoms with Crippen LogP contribution in [-0.2, 0) is 4.74 Å². The monoisotopic (exact) mass is 467 g/mol. The Labute approximate surface area is 204 Å². The number of carbonyl (C=O) groups is 1. The first kappa shape index (κ1) is 21.8. The summed E-state index contributed by atoms with van der Waals surface area (Å²) in [6.45, 7) is 10.00. The lowest BCUT2D eigenvalue weighted by Gasteiger charge is -2.56. The van der Waals surface area contributed by atoms with Crippen molar-refractivity contribution in [3.63, 3.8) is 0 Å². The first-order chi connectivity index (χ1) is 16.9. The van der Waals surface area contributed by atoms with Crippen LogP contribution in [0.5, 0.6) is 0 Å². The number of amides is 1. The number of carbonyl (C=O) groups excluding carboxylic acids is 1. The van der Waals surface area contributed by atoms with Crippen LogP contribution in [0.15, 0.2) is 61.1 Å². The van der Waals surface area contributed by atoms with E-state index in [4.69, 9.17) is 4.74 Å². The summed E-state index contributed by atoms with van der Waals surface area (Å²) in [6.07, 6.45) is 5.48. The molecule has 2 aliphatic heterocycles. The van der Waals surface area contributed by atoms with Gasteiger partial charge in [-0.15, -0.1) is 0 Å². The summed E-state index contributed by atoms with van der Waals surface area (Å²) in [5, 5.41) is 7.50. The summed E-state index contributed by atoms with van der Waals surface area (Å²) in [4.78, 5) is 20.3. The second-order valence-electron chi connectivity index (χ2n) is 10.2. The molecule has 2 saturated heterocycles. The molecule has 0 atom stereocenters. The summed E-state index contributed by atoms with van der Waals surface area (Å²) in [7, 11) is 0. The van der Waals surface area contributed by atoms with E-state index in [2.05, 4.69) is 52.3 Å². The lowest BCUT2D eigenvalue weighted by atomic mass is 9.78. The summed E-state index contributed by atoms with van der Waals surface area (Å²) < 4.78 is 7.15. The van der Waals surface area contributed by atoms with E-state index in [1.54, 1.807) is 10.7 Å². The molecule has 4 aromatic rings. The van der Waals surface area contributed by atoms with Crippen molar-refractivity contribution in [2.45, 2.75) is 26.7 Å². The van der Waals surface area contributed by atoms with Gasteiger partial charge in [0.2, 0.25) is 0 Å². The lowest BCUT2D eigenvalue weighted by Crippen LogP contribution is -2.66. The third-order valence-electron chi connectivity index (χ3n) is 7.22. The van der Waals surface area contributed by atoms with E-state index in [-0.39, 0.29) is 5.91 Å². The zero-order chi connectivity index (χ0) is 24.2. The van der Waals surface area contributed by atoms with Gasteiger partial charge in [-0.25, -0.2) is 4.52 Å². The minimum atomic E-state index is -0.173. The number of aryl methyl sites for hydroxylation is 1. The maximum Gasteiger partial charge on any atom is 0.259 e. The van der Waals surface area contributed by atoms with Gasteiger partial charge in [0.1, 0.15) is 0 Å². The number of benzene rings is 1. The maximum absolute atomic E-state index is 13.3. The van der Waals surface area contributed by atoms with Gasteiger partial charge in [0.15, 0.2) is 0 Å². The number of aromatic nitrogens is 3. The standard InChI is InChI=1S/C28H29N5O2/c1-18(2)21-6-7-24(29-12-21)20-5-4-19(3)25(10-20)31-27(34)23-13-30-33-9-8-22(11-26(23)33)32-14-28(15-32)16-35-17-28/h4-13,18H,14-17H2,1-3H3,(H,31,34). The first-order valence-corrected chi connectivity index (χ1v) is 12.1. The second-order valence-corrected chi connectivity index (χ2v) is 10.2. The summed E-state index contributed by atoms with van der Waals surface area (Å²) >= 11 is 0. The van der Waals surface area contributed by atoms with Crippen molar-refractivity contribution in [1.82, 2.24) is 14.6 Å². The Morgan fingerprint density at radius 3 is 2.60 bits per heavy atom. The predicted molar refractivity (Wildman–Crippen MR) is 137 cm³/mol. The average Bonchev–Trinajstić information content (AvgIpc) is 3.22. The fraction of sp³-hybridized carbons (Fsp3) is 0.321. The van der Waals surface area contributed by atoms with E-state index < -0.39 is 0 Å². The first-order valence-electron chi connectivity index (χ1n) is 12.1. The Kier molecular flexibility index (Phi) is 5.11. The number of hydrogen-bond acceptors (Lipinski definition) is 5. The highest BCUT2D eigenvalue weighted by Crippen LogP contribution is 2.40. The Hall–Kier alpha value is -3.71. The normalized spacial score (nSPS) is 16.4. The molecule has 2 fully saturated rings. The molecule has 0 radical (unpaired) electrons. The molecule has 7 nitrogen and oxygen atoms in total. The highest BCUT2D eigenvalue weighted by molar-refractivity contribution is 6.09. The maximum atomic E-state index is 13.3. The second kappa shape index (κ2) is 8.20. The van der Waals surface area contributed by atoms with Crippen LogP contribution in [0.25, 0.3) is 16.8 Å². The van der Waals surface area contributed by atoms with Crippen LogP contribution in [0.1, 0.15) is 41.3 Å². The van der Waals surface area contributed by atoms with Crippen LogP contribution in [0.2, 0.25) is 0 Å². The van der Waals surface area contributed by atoms with Gasteiger partial charge in [0, 0.05) is 42.4 Å². The lowest BCUT2D eigenvalue weighted by molar-refractivity contribution is -0.127. The molecule has 178 valence electrons. The molecule has 0 aliphatic carbocycles. The van der Waals surface area contributed by atoms with Crippen LogP contribution >= 0.6 is 0 Å². The molecule has 35 heavy (non-hydrogen) atoms. The van der Waals surface area contributed by atoms with Gasteiger partial charge in [0.25, 0.3) is 5.91 Å². The van der Waals surface area contributed by atoms with Crippen molar-refractivity contribution in [2.24, 2.45) is 5.41 Å². The topological polar surface area (TPSA) is 71.8 Å². The molecule has 1 spiro atoms. The van der Waals surface area contributed by atoms with Gasteiger partial charge in [0.05, 0.1) is 41.6 Å². The fourth-order valence-corrected chi connectivity index (χ4v) is 4.88. The van der Waals surface area contributed by atoms with E-state index >= 15 is 0 Å². The van der Waals surface area contributed by atoms with Gasteiger partial charge in [-0.1, -0.05) is 32.0 Å². The van der Waals surface area contributed by atoms with Crippen molar-refractivity contribution >= 4 is 22.8 Å². The van der Waals surface area contributed by atoms with Crippen LogP contribution in [-0.4, -0.2) is 46.8 Å². The zero-order valence-electron chi connectivity index (χ0n) is 20.3. The van der Waals surface area contributed by atoms with Crippen LogP contribution < -0.4 is 10.2 Å². The number of hydrogen-bond donors (Lipinski definition) is 1. The number of ether oxygens (including phenoxy) is 1. The van der Waals surface area contributed by atoms with Crippen molar-refractivity contribution in [1.29, 1.82) is 0 Å². The molecule has 1 aromatic carbocycles. The number of anilines is 2. The molecule has 3 aromatic heterocycles. The van der Waals surface area contributed by atoms with Crippen LogP contribution in [0.4, 0.5) is 11.4 Å². The highest BCUT2D eigenvalue weighted by Gasteiger charge is 2.49. The minimum Gasteiger partial charge on any atom is -0.380 e. The van der Waals surface area contributed by atoms with Gasteiger partial charge < -0.3 is 15.0 Å². The highest BCUT2D eigenvalue weighted by atomic mass is 16.5. The molecule has 7 heteroatoms. The number of nitrogens with zero attached hydrogens (tertiary/aromatic N) is 4. The molecule has 6 rings (SSSR count). The van der Waals surface area contributed by atoms with Crippen molar-refractivity contribution < 1.29 is 9.53 Å². The predicted octanol–water partition coefficient (Wildman–Crippen LogP) is 4.92. The Balaban J connectivity index is 1.24. The van der Waals surface area contributed by atoms with Crippen LogP contribution in [0.3, 0.4) is 0 Å². The smallest absolute Gasteiger partial charge is 0.259 e. The van der Waals surface area contributed by atoms with Gasteiger partial charge >= 0.3 is 0 Å². The fourth-order valence-electron chi connectivity index (χ4n) is 4.88. The van der Waals surface area contributed by atoms with E-state index in [9.17, 15) is 4.79 Å². The summed E-state index contributed by atoms with van der Waals surface area (Å²) in [5.41, 5.74) is 7.61. The zero-order valence-corrected chi connectivity index (χ0v) is 20.3. The van der Waals surface area contributed by atoms with Crippen molar-refractivity contribution in [3.05, 3.63) is 77.7 Å². The molecule has 1 N–H and O–H groups in total. The Bertz CT molecular complexity index is 1410. The van der Waals surface area contributed by atoms with E-state index in [1.807, 2.05) is 43.6 Å². The largest absolute Gasteiger partial charge is 0.380 e. The molecule has 0 bridgehead atoms. The summed E-state index contributed by atoms with van der Waals surface area (Å²) in [6, 6.07) is 14.3. The third kappa shape index (κ3) is 3.86. The van der Waals surface area contributed by atoms with Gasteiger partial charge in [-0.05, 0) is 48.2 Å². The summed E-state index contributed by atoms with van der Waals surface area (Å²) in [5.74, 6) is 0.262. The number of fused-ring (bicyclic) bond motifs is 1. The molecule has 0 unspecified atom stereocenters. The molecular weight excluding hydrogens is 438 g/mol. The SMILES string of the molecule is Cc1ccc(-c2ccc(C(C)C)cn2)cc1NC(=O)c1cnn2ccc(N3CC4(COC4)C3)cc12. The molecular formula is C28H29N5O2. The van der Waals surface area contributed by atoms with Crippen molar-refractivity contribution in [3.8, 4) is 11.3 Å². The quantitative estimate of drug-likeness (QED) is 0.451. The number of rotatable bonds is 5. The van der Waals surface area contributed by atoms with E-state index in [0.717, 1.165) is 60.0 Å². The van der Waals surface area contributed by atoms with Gasteiger partial charge in [-0.2, -0.15) is 5.10 Å². The number of nitrogens with one attached hydrogen (secondary N) is 1. The molecule has 5 heterocycles. The van der Waals surface area contributed by atoms with E-state index in [0.29, 0.717) is 16.9 Å². The molecule has 0 saturated carbocycles. The van der Waals surface area contributed by atoms with E-state index in [1.165, 1.54) is 5.56 Å². The minimum absolute atomic E-state index is 0.173. The Morgan fingerprint density at radius 2 is 1.91 bits per heavy atom. The number of pyridine rings is 2. The third-order valence-corrected chi connectivity index (χ3v) is 7.22. The van der Waals surface area contributed by atoms with Crippen LogP contribution in [0, 0.1) is 12.3 Å². The van der Waals surface area contributed by atoms with Gasteiger partial charge in [-0.3, -0.25) is 9.78 Å². The van der Waals surface area contributed by atoms with Crippen molar-refractivity contribution in [2.75, 3.05) is 36.5 Å².